The zero-order valence-electron chi connectivity index (χ0n) is 17.7. The van der Waals surface area contributed by atoms with Gasteiger partial charge in [0.05, 0.1) is 18.0 Å². The summed E-state index contributed by atoms with van der Waals surface area (Å²) in [4.78, 5) is 19.4. The molecule has 2 heterocycles. The lowest BCUT2D eigenvalue weighted by Gasteiger charge is -2.25. The van der Waals surface area contributed by atoms with Crippen LogP contribution in [0.25, 0.3) is 0 Å². The molecule has 0 amide bonds. The van der Waals surface area contributed by atoms with E-state index in [1.807, 2.05) is 11.6 Å². The summed E-state index contributed by atoms with van der Waals surface area (Å²) >= 11 is 0. The molecule has 0 fully saturated rings. The molecular formula is C19H29IN8O3. The molecular weight excluding hydrogens is 515 g/mol. The van der Waals surface area contributed by atoms with Crippen LogP contribution in [0.3, 0.4) is 0 Å². The van der Waals surface area contributed by atoms with Crippen molar-refractivity contribution < 1.29 is 9.66 Å². The number of guanidine groups is 1. The average Bonchev–Trinajstić information content (AvgIpc) is 3.13. The van der Waals surface area contributed by atoms with Gasteiger partial charge in [-0.05, 0) is 25.5 Å². The number of nitrogens with one attached hydrogen (secondary N) is 3. The number of nitro groups is 1. The maximum Gasteiger partial charge on any atom is 0.269 e. The molecule has 3 N–H and O–H groups in total. The first kappa shape index (κ1) is 24.8. The summed E-state index contributed by atoms with van der Waals surface area (Å²) in [6.07, 6.45) is 1.81. The Balaban J connectivity index is 0.00000341. The molecule has 31 heavy (non-hydrogen) atoms. The third kappa shape index (κ3) is 7.31. The Kier molecular flexibility index (Phi) is 9.91. The third-order valence-corrected chi connectivity index (χ3v) is 4.65. The molecule has 0 bridgehead atoms. The van der Waals surface area contributed by atoms with Gasteiger partial charge < -0.3 is 20.7 Å². The number of methoxy groups -OCH3 is 1. The largest absolute Gasteiger partial charge is 0.383 e. The van der Waals surface area contributed by atoms with Crippen LogP contribution in [0.15, 0.2) is 29.3 Å². The lowest BCUT2D eigenvalue weighted by atomic mass is 10.1. The molecule has 11 nitrogen and oxygen atoms in total. The first-order valence-electron chi connectivity index (χ1n) is 10.0. The van der Waals surface area contributed by atoms with Crippen molar-refractivity contribution in [3.8, 4) is 0 Å². The van der Waals surface area contributed by atoms with Gasteiger partial charge in [0.1, 0.15) is 12.4 Å². The topological polar surface area (TPSA) is 132 Å². The summed E-state index contributed by atoms with van der Waals surface area (Å²) in [7, 11) is 1.64. The zero-order valence-corrected chi connectivity index (χ0v) is 20.0. The van der Waals surface area contributed by atoms with E-state index >= 15 is 0 Å². The SMILES string of the molecule is CCNC(=NCCNc1ccc([N+](=O)[O-])cc1)NC1CCc2nc(COC)nn2C1.I. The second-order valence-electron chi connectivity index (χ2n) is 6.93. The van der Waals surface area contributed by atoms with Gasteiger partial charge in [-0.2, -0.15) is 5.10 Å². The summed E-state index contributed by atoms with van der Waals surface area (Å²) in [5.41, 5.74) is 0.904. The second kappa shape index (κ2) is 12.4. The molecule has 2 aromatic rings. The number of hydrogen-bond donors (Lipinski definition) is 3. The minimum absolute atomic E-state index is 0. The Morgan fingerprint density at radius 1 is 1.39 bits per heavy atom. The van der Waals surface area contributed by atoms with Crippen LogP contribution < -0.4 is 16.0 Å². The minimum atomic E-state index is -0.408. The fraction of sp³-hybridized carbons (Fsp3) is 0.526. The molecule has 12 heteroatoms. The Bertz CT molecular complexity index is 872. The molecule has 0 saturated heterocycles. The molecule has 1 atom stereocenters. The van der Waals surface area contributed by atoms with E-state index in [9.17, 15) is 10.1 Å². The van der Waals surface area contributed by atoms with Crippen molar-refractivity contribution in [2.24, 2.45) is 4.99 Å². The Morgan fingerprint density at radius 3 is 2.84 bits per heavy atom. The number of aromatic nitrogens is 3. The van der Waals surface area contributed by atoms with Gasteiger partial charge in [-0.25, -0.2) is 9.67 Å². The number of nitrogens with zero attached hydrogens (tertiary/aromatic N) is 5. The van der Waals surface area contributed by atoms with Gasteiger partial charge in [0.15, 0.2) is 11.8 Å². The quantitative estimate of drug-likeness (QED) is 0.109. The number of hydrogen-bond acceptors (Lipinski definition) is 7. The lowest BCUT2D eigenvalue weighted by molar-refractivity contribution is -0.384. The molecule has 0 radical (unpaired) electrons. The minimum Gasteiger partial charge on any atom is -0.383 e. The van der Waals surface area contributed by atoms with Crippen LogP contribution in [0.5, 0.6) is 0 Å². The second-order valence-corrected chi connectivity index (χ2v) is 6.93. The number of nitro benzene ring substituents is 1. The number of aliphatic imine (C=N–C) groups is 1. The number of anilines is 1. The molecule has 3 rings (SSSR count). The first-order valence-corrected chi connectivity index (χ1v) is 10.0. The Labute approximate surface area is 198 Å². The van der Waals surface area contributed by atoms with E-state index < -0.39 is 4.92 Å². The van der Waals surface area contributed by atoms with Crippen LogP contribution in [-0.4, -0.2) is 58.4 Å². The summed E-state index contributed by atoms with van der Waals surface area (Å²) in [6.45, 7) is 5.13. The summed E-state index contributed by atoms with van der Waals surface area (Å²) in [6, 6.07) is 6.57. The monoisotopic (exact) mass is 544 g/mol. The standard InChI is InChI=1S/C19H28N8O3.HI/c1-3-20-19(22-11-10-21-14-4-7-16(8-5-14)27(28)29)23-15-6-9-18-24-17(13-30-2)25-26(18)12-15;/h4-5,7-8,15,21H,3,6,9-13H2,1-2H3,(H2,20,22,23);1H. The van der Waals surface area contributed by atoms with Crippen molar-refractivity contribution in [2.75, 3.05) is 32.1 Å². The van der Waals surface area contributed by atoms with Crippen LogP contribution in [-0.2, 0) is 24.3 Å². The maximum atomic E-state index is 10.7. The maximum absolute atomic E-state index is 10.7. The number of aryl methyl sites for hydroxylation is 1. The lowest BCUT2D eigenvalue weighted by Crippen LogP contribution is -2.47. The van der Waals surface area contributed by atoms with Gasteiger partial charge in [0.2, 0.25) is 0 Å². The number of non-ortho nitro benzene ring substituents is 1. The van der Waals surface area contributed by atoms with Crippen LogP contribution in [0.2, 0.25) is 0 Å². The number of benzene rings is 1. The molecule has 0 saturated carbocycles. The van der Waals surface area contributed by atoms with E-state index in [-0.39, 0.29) is 35.7 Å². The van der Waals surface area contributed by atoms with Crippen molar-refractivity contribution in [3.63, 3.8) is 0 Å². The summed E-state index contributed by atoms with van der Waals surface area (Å²) in [5.74, 6) is 2.47. The summed E-state index contributed by atoms with van der Waals surface area (Å²) < 4.78 is 7.05. The third-order valence-electron chi connectivity index (χ3n) is 4.65. The van der Waals surface area contributed by atoms with Crippen LogP contribution in [0.1, 0.15) is 25.0 Å². The van der Waals surface area contributed by atoms with Crippen molar-refractivity contribution in [2.45, 2.75) is 39.0 Å². The van der Waals surface area contributed by atoms with Gasteiger partial charge in [-0.15, -0.1) is 24.0 Å². The highest BCUT2D eigenvalue weighted by molar-refractivity contribution is 14.0. The number of fused-ring (bicyclic) bond motifs is 1. The van der Waals surface area contributed by atoms with E-state index in [0.717, 1.165) is 43.4 Å². The molecule has 0 aliphatic carbocycles. The van der Waals surface area contributed by atoms with Gasteiger partial charge >= 0.3 is 0 Å². The van der Waals surface area contributed by atoms with Gasteiger partial charge in [0, 0.05) is 50.5 Å². The Hall–Kier alpha value is -2.48. The van der Waals surface area contributed by atoms with E-state index in [1.165, 1.54) is 12.1 Å². The average molecular weight is 544 g/mol. The van der Waals surface area contributed by atoms with Gasteiger partial charge in [-0.1, -0.05) is 0 Å². The number of ether oxygens (including phenoxy) is 1. The first-order chi connectivity index (χ1) is 14.6. The number of rotatable bonds is 9. The fourth-order valence-electron chi connectivity index (χ4n) is 3.25. The van der Waals surface area contributed by atoms with E-state index in [2.05, 4.69) is 31.0 Å². The van der Waals surface area contributed by atoms with Crippen molar-refractivity contribution >= 4 is 41.3 Å². The van der Waals surface area contributed by atoms with Crippen molar-refractivity contribution in [3.05, 3.63) is 46.0 Å². The molecule has 1 aromatic heterocycles. The van der Waals surface area contributed by atoms with E-state index in [0.29, 0.717) is 25.5 Å². The Morgan fingerprint density at radius 2 is 2.16 bits per heavy atom. The van der Waals surface area contributed by atoms with Crippen LogP contribution in [0.4, 0.5) is 11.4 Å². The normalized spacial score (nSPS) is 15.5. The fourth-order valence-corrected chi connectivity index (χ4v) is 3.25. The summed E-state index contributed by atoms with van der Waals surface area (Å²) in [5, 5.41) is 25.2. The molecule has 1 aliphatic rings. The molecule has 1 unspecified atom stereocenters. The highest BCUT2D eigenvalue weighted by atomic mass is 127. The van der Waals surface area contributed by atoms with Gasteiger partial charge in [0.25, 0.3) is 5.69 Å². The zero-order chi connectivity index (χ0) is 21.3. The highest BCUT2D eigenvalue weighted by Gasteiger charge is 2.22. The van der Waals surface area contributed by atoms with Crippen LogP contribution >= 0.6 is 24.0 Å². The smallest absolute Gasteiger partial charge is 0.269 e. The molecule has 170 valence electrons. The van der Waals surface area contributed by atoms with E-state index in [4.69, 9.17) is 4.74 Å². The molecule has 1 aromatic carbocycles. The predicted molar refractivity (Wildman–Crippen MR) is 129 cm³/mol. The van der Waals surface area contributed by atoms with Crippen molar-refractivity contribution in [1.29, 1.82) is 0 Å². The van der Waals surface area contributed by atoms with Gasteiger partial charge in [-0.3, -0.25) is 15.1 Å². The predicted octanol–water partition coefficient (Wildman–Crippen LogP) is 1.93. The molecule has 0 spiro atoms. The van der Waals surface area contributed by atoms with Crippen LogP contribution in [0, 0.1) is 10.1 Å². The van der Waals surface area contributed by atoms with E-state index in [1.54, 1.807) is 19.2 Å². The number of halogens is 1. The van der Waals surface area contributed by atoms with Crippen molar-refractivity contribution in [1.82, 2.24) is 25.4 Å². The highest BCUT2D eigenvalue weighted by Crippen LogP contribution is 2.15. The molecule has 1 aliphatic heterocycles.